The molecule has 0 saturated heterocycles. The Labute approximate surface area is 95.1 Å². The summed E-state index contributed by atoms with van der Waals surface area (Å²) < 4.78 is 0. The highest BCUT2D eigenvalue weighted by Crippen LogP contribution is 1.96. The van der Waals surface area contributed by atoms with E-state index in [0.717, 1.165) is 39.3 Å². The molecular weight excluding hydrogens is 188 g/mol. The number of nitrogens with zero attached hydrogens (tertiary/aromatic N) is 2. The van der Waals surface area contributed by atoms with Gasteiger partial charge in [0.25, 0.3) is 0 Å². The summed E-state index contributed by atoms with van der Waals surface area (Å²) in [4.78, 5) is 4.79. The van der Waals surface area contributed by atoms with Crippen molar-refractivity contribution in [1.29, 1.82) is 0 Å². The second-order valence-corrected chi connectivity index (χ2v) is 3.95. The first kappa shape index (κ1) is 14.9. The topological polar surface area (TPSA) is 26.7 Å². The van der Waals surface area contributed by atoms with E-state index in [-0.39, 0.29) is 6.61 Å². The molecule has 0 aliphatic rings. The van der Waals surface area contributed by atoms with Gasteiger partial charge in [-0.2, -0.15) is 0 Å². The van der Waals surface area contributed by atoms with Crippen LogP contribution >= 0.6 is 0 Å². The van der Waals surface area contributed by atoms with Crippen LogP contribution in [0, 0.1) is 0 Å². The molecule has 0 atom stereocenters. The molecule has 15 heavy (non-hydrogen) atoms. The van der Waals surface area contributed by atoms with Crippen molar-refractivity contribution in [2.24, 2.45) is 0 Å². The van der Waals surface area contributed by atoms with Crippen molar-refractivity contribution >= 4 is 0 Å². The Morgan fingerprint density at radius 1 is 0.800 bits per heavy atom. The molecule has 0 fully saturated rings. The summed E-state index contributed by atoms with van der Waals surface area (Å²) in [5.74, 6) is 0. The van der Waals surface area contributed by atoms with Gasteiger partial charge in [-0.25, -0.2) is 0 Å². The Balaban J connectivity index is 3.72. The van der Waals surface area contributed by atoms with E-state index in [2.05, 4.69) is 30.6 Å². The molecule has 0 saturated carbocycles. The van der Waals surface area contributed by atoms with Gasteiger partial charge in [-0.15, -0.1) is 0 Å². The number of hydrogen-bond donors (Lipinski definition) is 1. The van der Waals surface area contributed by atoms with Crippen LogP contribution in [0.4, 0.5) is 0 Å². The first-order valence-electron chi connectivity index (χ1n) is 6.33. The molecule has 0 aromatic heterocycles. The normalized spacial score (nSPS) is 11.6. The van der Waals surface area contributed by atoms with Crippen LogP contribution in [0.15, 0.2) is 0 Å². The number of likely N-dealkylation sites (N-methyl/N-ethyl adjacent to an activating group) is 1. The van der Waals surface area contributed by atoms with E-state index in [9.17, 15) is 0 Å². The molecule has 0 spiro atoms. The highest BCUT2D eigenvalue weighted by Gasteiger charge is 2.05. The number of hydrogen-bond acceptors (Lipinski definition) is 3. The molecule has 0 heterocycles. The van der Waals surface area contributed by atoms with Gasteiger partial charge >= 0.3 is 0 Å². The molecule has 3 heteroatoms. The standard InChI is InChI=1S/C12H28N2O/c1-4-7-8-14(11-12-15)10-9-13(5-2)6-3/h15H,4-12H2,1-3H3. The van der Waals surface area contributed by atoms with Gasteiger partial charge in [0, 0.05) is 19.6 Å². The van der Waals surface area contributed by atoms with E-state index >= 15 is 0 Å². The summed E-state index contributed by atoms with van der Waals surface area (Å²) in [5.41, 5.74) is 0. The van der Waals surface area contributed by atoms with Crippen LogP contribution in [0.3, 0.4) is 0 Å². The summed E-state index contributed by atoms with van der Waals surface area (Å²) in [6.07, 6.45) is 2.46. The van der Waals surface area contributed by atoms with Crippen LogP contribution in [0.5, 0.6) is 0 Å². The van der Waals surface area contributed by atoms with Gasteiger partial charge in [-0.05, 0) is 26.1 Å². The van der Waals surface area contributed by atoms with Crippen LogP contribution in [-0.4, -0.2) is 60.8 Å². The average Bonchev–Trinajstić information content (AvgIpc) is 2.27. The lowest BCUT2D eigenvalue weighted by atomic mass is 10.3. The fourth-order valence-electron chi connectivity index (χ4n) is 1.68. The van der Waals surface area contributed by atoms with Gasteiger partial charge in [0.15, 0.2) is 0 Å². The predicted molar refractivity (Wildman–Crippen MR) is 66.2 cm³/mol. The number of aliphatic hydroxyl groups is 1. The molecule has 0 rings (SSSR count). The van der Waals surface area contributed by atoms with E-state index in [0.29, 0.717) is 0 Å². The Morgan fingerprint density at radius 2 is 1.40 bits per heavy atom. The Kier molecular flexibility index (Phi) is 10.3. The maximum atomic E-state index is 8.96. The summed E-state index contributed by atoms with van der Waals surface area (Å²) in [7, 11) is 0. The van der Waals surface area contributed by atoms with Gasteiger partial charge in [0.1, 0.15) is 0 Å². The second-order valence-electron chi connectivity index (χ2n) is 3.95. The third-order valence-electron chi connectivity index (χ3n) is 2.87. The van der Waals surface area contributed by atoms with E-state index in [4.69, 9.17) is 5.11 Å². The summed E-state index contributed by atoms with van der Waals surface area (Å²) in [6, 6.07) is 0. The lowest BCUT2D eigenvalue weighted by Crippen LogP contribution is -2.37. The number of rotatable bonds is 10. The van der Waals surface area contributed by atoms with Crippen molar-refractivity contribution in [3.05, 3.63) is 0 Å². The van der Waals surface area contributed by atoms with Crippen molar-refractivity contribution in [1.82, 2.24) is 9.80 Å². The Bertz CT molecular complexity index is 127. The van der Waals surface area contributed by atoms with Crippen molar-refractivity contribution in [2.45, 2.75) is 33.6 Å². The molecule has 3 nitrogen and oxygen atoms in total. The molecule has 1 N–H and O–H groups in total. The van der Waals surface area contributed by atoms with Crippen LogP contribution in [0.25, 0.3) is 0 Å². The number of unbranched alkanes of at least 4 members (excludes halogenated alkanes) is 1. The minimum atomic E-state index is 0.280. The van der Waals surface area contributed by atoms with Crippen LogP contribution in [0.2, 0.25) is 0 Å². The third kappa shape index (κ3) is 7.77. The minimum absolute atomic E-state index is 0.280. The zero-order valence-corrected chi connectivity index (χ0v) is 10.7. The van der Waals surface area contributed by atoms with Crippen LogP contribution in [0.1, 0.15) is 33.6 Å². The van der Waals surface area contributed by atoms with Crippen molar-refractivity contribution in [3.63, 3.8) is 0 Å². The highest BCUT2D eigenvalue weighted by molar-refractivity contribution is 4.61. The molecule has 0 unspecified atom stereocenters. The first-order valence-corrected chi connectivity index (χ1v) is 6.33. The summed E-state index contributed by atoms with van der Waals surface area (Å²) >= 11 is 0. The molecule has 0 bridgehead atoms. The quantitative estimate of drug-likeness (QED) is 0.598. The van der Waals surface area contributed by atoms with Crippen LogP contribution < -0.4 is 0 Å². The van der Waals surface area contributed by atoms with Gasteiger partial charge in [0.05, 0.1) is 6.61 Å². The zero-order valence-electron chi connectivity index (χ0n) is 10.7. The fraction of sp³-hybridized carbons (Fsp3) is 1.00. The van der Waals surface area contributed by atoms with Crippen molar-refractivity contribution in [3.8, 4) is 0 Å². The van der Waals surface area contributed by atoms with Crippen LogP contribution in [-0.2, 0) is 0 Å². The SMILES string of the molecule is CCCCN(CCO)CCN(CC)CC. The zero-order chi connectivity index (χ0) is 11.5. The predicted octanol–water partition coefficient (Wildman–Crippen LogP) is 1.42. The largest absolute Gasteiger partial charge is 0.395 e. The Hall–Kier alpha value is -0.120. The molecule has 0 amide bonds. The van der Waals surface area contributed by atoms with Gasteiger partial charge in [-0.3, -0.25) is 4.90 Å². The average molecular weight is 216 g/mol. The monoisotopic (exact) mass is 216 g/mol. The molecule has 0 aliphatic heterocycles. The van der Waals surface area contributed by atoms with Gasteiger partial charge in [0.2, 0.25) is 0 Å². The van der Waals surface area contributed by atoms with E-state index in [1.807, 2.05) is 0 Å². The molecule has 0 aliphatic carbocycles. The molecule has 0 aromatic rings. The summed E-state index contributed by atoms with van der Waals surface area (Å²) in [5, 5.41) is 8.96. The molecular formula is C12H28N2O. The Morgan fingerprint density at radius 3 is 1.87 bits per heavy atom. The van der Waals surface area contributed by atoms with Gasteiger partial charge in [-0.1, -0.05) is 27.2 Å². The molecule has 0 radical (unpaired) electrons. The maximum Gasteiger partial charge on any atom is 0.0558 e. The highest BCUT2D eigenvalue weighted by atomic mass is 16.3. The van der Waals surface area contributed by atoms with E-state index in [1.54, 1.807) is 0 Å². The van der Waals surface area contributed by atoms with Crippen molar-refractivity contribution in [2.75, 3.05) is 45.9 Å². The minimum Gasteiger partial charge on any atom is -0.395 e. The summed E-state index contributed by atoms with van der Waals surface area (Å²) in [6.45, 7) is 13.3. The molecule has 92 valence electrons. The molecule has 0 aromatic carbocycles. The lowest BCUT2D eigenvalue weighted by molar-refractivity contribution is 0.171. The van der Waals surface area contributed by atoms with E-state index in [1.165, 1.54) is 12.8 Å². The first-order chi connectivity index (χ1) is 7.28. The smallest absolute Gasteiger partial charge is 0.0558 e. The third-order valence-corrected chi connectivity index (χ3v) is 2.87. The maximum absolute atomic E-state index is 8.96. The van der Waals surface area contributed by atoms with E-state index < -0.39 is 0 Å². The number of aliphatic hydroxyl groups excluding tert-OH is 1. The fourth-order valence-corrected chi connectivity index (χ4v) is 1.68. The second kappa shape index (κ2) is 10.4. The lowest BCUT2D eigenvalue weighted by Gasteiger charge is -2.25. The van der Waals surface area contributed by atoms with Crippen molar-refractivity contribution < 1.29 is 5.11 Å². The van der Waals surface area contributed by atoms with Gasteiger partial charge < -0.3 is 10.0 Å².